The van der Waals surface area contributed by atoms with E-state index in [4.69, 9.17) is 16.7 Å². The van der Waals surface area contributed by atoms with Crippen LogP contribution in [0.3, 0.4) is 0 Å². The number of hydrogen-bond donors (Lipinski definition) is 1. The van der Waals surface area contributed by atoms with E-state index in [0.29, 0.717) is 12.0 Å². The Morgan fingerprint density at radius 1 is 1.06 bits per heavy atom. The summed E-state index contributed by atoms with van der Waals surface area (Å²) in [5, 5.41) is 9.86. The quantitative estimate of drug-likeness (QED) is 0.554. The summed E-state index contributed by atoms with van der Waals surface area (Å²) >= 11 is 6.12. The van der Waals surface area contributed by atoms with Crippen molar-refractivity contribution in [3.8, 4) is 0 Å². The largest absolute Gasteiger partial charge is 0.478 e. The summed E-state index contributed by atoms with van der Waals surface area (Å²) < 4.78 is 0. The standard InChI is InChI=1S/C27H31ClN2O3/c1-27(12-17-31)11-10-25(20-2-6-23(28)7-3-20)22(18-27)19-29-13-15-30(16-14-29)24-8-4-21(5-9-24)26(32)33/h2-9,17H,10-16,18-19H2,1H3,(H,32,33)/t27-/m1/s1. The molecule has 0 unspecified atom stereocenters. The summed E-state index contributed by atoms with van der Waals surface area (Å²) in [4.78, 5) is 27.2. The van der Waals surface area contributed by atoms with Gasteiger partial charge in [0.05, 0.1) is 5.56 Å². The monoisotopic (exact) mass is 466 g/mol. The molecule has 174 valence electrons. The SMILES string of the molecule is C[C@]1(CC=O)CCC(c2ccc(Cl)cc2)=C(CN2CCN(c3ccc(C(=O)O)cc3)CC2)C1. The van der Waals surface area contributed by atoms with Gasteiger partial charge in [0.2, 0.25) is 0 Å². The van der Waals surface area contributed by atoms with Crippen LogP contribution in [0.15, 0.2) is 54.1 Å². The minimum Gasteiger partial charge on any atom is -0.478 e. The van der Waals surface area contributed by atoms with Gasteiger partial charge >= 0.3 is 5.97 Å². The number of carboxylic acids is 1. The molecule has 0 bridgehead atoms. The molecule has 2 aliphatic rings. The van der Waals surface area contributed by atoms with Crippen molar-refractivity contribution in [1.82, 2.24) is 4.90 Å². The Morgan fingerprint density at radius 3 is 2.33 bits per heavy atom. The maximum Gasteiger partial charge on any atom is 0.335 e. The average Bonchev–Trinajstić information content (AvgIpc) is 2.81. The zero-order valence-electron chi connectivity index (χ0n) is 19.1. The van der Waals surface area contributed by atoms with Gasteiger partial charge in [-0.25, -0.2) is 4.79 Å². The number of anilines is 1. The van der Waals surface area contributed by atoms with E-state index in [1.165, 1.54) is 16.7 Å². The van der Waals surface area contributed by atoms with Crippen LogP contribution >= 0.6 is 11.6 Å². The average molecular weight is 467 g/mol. The predicted molar refractivity (Wildman–Crippen MR) is 133 cm³/mol. The third-order valence-corrected chi connectivity index (χ3v) is 7.33. The van der Waals surface area contributed by atoms with Gasteiger partial charge in [-0.3, -0.25) is 4.90 Å². The summed E-state index contributed by atoms with van der Waals surface area (Å²) in [5.41, 5.74) is 5.49. The van der Waals surface area contributed by atoms with Gasteiger partial charge < -0.3 is 14.8 Å². The number of benzene rings is 2. The molecule has 2 aromatic rings. The molecule has 0 amide bonds. The number of carbonyl (C=O) groups excluding carboxylic acids is 1. The number of carboxylic acid groups (broad SMARTS) is 1. The van der Waals surface area contributed by atoms with Crippen LogP contribution in [0.25, 0.3) is 5.57 Å². The minimum atomic E-state index is -0.898. The molecule has 33 heavy (non-hydrogen) atoms. The van der Waals surface area contributed by atoms with Gasteiger partial charge in [0.1, 0.15) is 6.29 Å². The molecule has 4 rings (SSSR count). The van der Waals surface area contributed by atoms with Gasteiger partial charge in [0.25, 0.3) is 0 Å². The fraction of sp³-hybridized carbons (Fsp3) is 0.407. The van der Waals surface area contributed by atoms with E-state index in [1.807, 2.05) is 24.3 Å². The lowest BCUT2D eigenvalue weighted by molar-refractivity contribution is -0.109. The molecule has 1 fully saturated rings. The van der Waals surface area contributed by atoms with Gasteiger partial charge in [-0.15, -0.1) is 0 Å². The molecule has 6 heteroatoms. The Balaban J connectivity index is 1.47. The molecule has 1 heterocycles. The van der Waals surface area contributed by atoms with Crippen LogP contribution in [0.4, 0.5) is 5.69 Å². The van der Waals surface area contributed by atoms with Crippen molar-refractivity contribution in [2.75, 3.05) is 37.6 Å². The molecule has 0 radical (unpaired) electrons. The summed E-state index contributed by atoms with van der Waals surface area (Å²) in [6.07, 6.45) is 4.62. The molecule has 1 saturated heterocycles. The Morgan fingerprint density at radius 2 is 1.73 bits per heavy atom. The zero-order chi connectivity index (χ0) is 23.4. The third kappa shape index (κ3) is 5.66. The first kappa shape index (κ1) is 23.5. The smallest absolute Gasteiger partial charge is 0.335 e. The number of aldehydes is 1. The first-order valence-electron chi connectivity index (χ1n) is 11.6. The lowest BCUT2D eigenvalue weighted by Crippen LogP contribution is -2.47. The Labute approximate surface area is 200 Å². The van der Waals surface area contributed by atoms with E-state index in [-0.39, 0.29) is 5.41 Å². The fourth-order valence-electron chi connectivity index (χ4n) is 5.09. The molecule has 1 aliphatic heterocycles. The number of halogens is 1. The van der Waals surface area contributed by atoms with Crippen LogP contribution in [0.1, 0.15) is 48.5 Å². The number of nitrogens with zero attached hydrogens (tertiary/aromatic N) is 2. The van der Waals surface area contributed by atoms with Gasteiger partial charge in [-0.2, -0.15) is 0 Å². The molecule has 2 aromatic carbocycles. The van der Waals surface area contributed by atoms with Crippen molar-refractivity contribution in [2.24, 2.45) is 5.41 Å². The highest BCUT2D eigenvalue weighted by Gasteiger charge is 2.32. The maximum atomic E-state index is 11.3. The lowest BCUT2D eigenvalue weighted by atomic mass is 9.70. The molecule has 1 atom stereocenters. The highest BCUT2D eigenvalue weighted by Crippen LogP contribution is 2.44. The summed E-state index contributed by atoms with van der Waals surface area (Å²) in [7, 11) is 0. The van der Waals surface area contributed by atoms with Gasteiger partial charge in [-0.05, 0) is 72.2 Å². The van der Waals surface area contributed by atoms with Crippen molar-refractivity contribution in [3.63, 3.8) is 0 Å². The molecule has 1 N–H and O–H groups in total. The van der Waals surface area contributed by atoms with Crippen molar-refractivity contribution in [3.05, 3.63) is 70.3 Å². The Kier molecular flexibility index (Phi) is 7.20. The zero-order valence-corrected chi connectivity index (χ0v) is 19.9. The second-order valence-electron chi connectivity index (χ2n) is 9.56. The molecule has 5 nitrogen and oxygen atoms in total. The topological polar surface area (TPSA) is 60.9 Å². The normalized spacial score (nSPS) is 21.8. The van der Waals surface area contributed by atoms with Gasteiger partial charge in [0.15, 0.2) is 0 Å². The second kappa shape index (κ2) is 10.1. The van der Waals surface area contributed by atoms with Gasteiger partial charge in [-0.1, -0.05) is 36.2 Å². The Bertz CT molecular complexity index is 1020. The number of piperazine rings is 1. The summed E-state index contributed by atoms with van der Waals surface area (Å²) in [5.74, 6) is -0.898. The summed E-state index contributed by atoms with van der Waals surface area (Å²) in [6.45, 7) is 6.85. The second-order valence-corrected chi connectivity index (χ2v) is 10.00. The van der Waals surface area contributed by atoms with Crippen LogP contribution in [0.2, 0.25) is 5.02 Å². The van der Waals surface area contributed by atoms with E-state index in [9.17, 15) is 9.59 Å². The van der Waals surface area contributed by atoms with E-state index in [0.717, 1.165) is 69.0 Å². The molecular weight excluding hydrogens is 436 g/mol. The van der Waals surface area contributed by atoms with Crippen LogP contribution in [0, 0.1) is 5.41 Å². The predicted octanol–water partition coefficient (Wildman–Crippen LogP) is 5.39. The van der Waals surface area contributed by atoms with Crippen molar-refractivity contribution in [1.29, 1.82) is 0 Å². The first-order valence-corrected chi connectivity index (χ1v) is 12.0. The molecule has 0 spiro atoms. The number of rotatable bonds is 7. The number of carbonyl (C=O) groups is 2. The van der Waals surface area contributed by atoms with E-state index in [1.54, 1.807) is 12.1 Å². The highest BCUT2D eigenvalue weighted by molar-refractivity contribution is 6.30. The van der Waals surface area contributed by atoms with Gasteiger partial charge in [0, 0.05) is 49.9 Å². The van der Waals surface area contributed by atoms with Crippen LogP contribution in [-0.2, 0) is 4.79 Å². The van der Waals surface area contributed by atoms with E-state index >= 15 is 0 Å². The van der Waals surface area contributed by atoms with Crippen molar-refractivity contribution >= 4 is 35.1 Å². The minimum absolute atomic E-state index is 0.0285. The van der Waals surface area contributed by atoms with Crippen molar-refractivity contribution < 1.29 is 14.7 Å². The van der Waals surface area contributed by atoms with Crippen LogP contribution in [-0.4, -0.2) is 55.0 Å². The highest BCUT2D eigenvalue weighted by atomic mass is 35.5. The maximum absolute atomic E-state index is 11.3. The fourth-order valence-corrected chi connectivity index (χ4v) is 5.21. The number of hydrogen-bond acceptors (Lipinski definition) is 4. The summed E-state index contributed by atoms with van der Waals surface area (Å²) in [6, 6.07) is 15.3. The van der Waals surface area contributed by atoms with Crippen LogP contribution in [0.5, 0.6) is 0 Å². The molecule has 0 aromatic heterocycles. The first-order chi connectivity index (χ1) is 15.9. The number of aromatic carboxylic acids is 1. The molecular formula is C27H31ClN2O3. The Hall–Kier alpha value is -2.63. The third-order valence-electron chi connectivity index (χ3n) is 7.08. The lowest BCUT2D eigenvalue weighted by Gasteiger charge is -2.40. The van der Waals surface area contributed by atoms with E-state index < -0.39 is 5.97 Å². The molecule has 1 aliphatic carbocycles. The van der Waals surface area contributed by atoms with E-state index in [2.05, 4.69) is 28.9 Å². The molecule has 0 saturated carbocycles. The van der Waals surface area contributed by atoms with Crippen molar-refractivity contribution in [2.45, 2.75) is 32.6 Å². The van der Waals surface area contributed by atoms with Crippen LogP contribution < -0.4 is 4.90 Å². The number of allylic oxidation sites excluding steroid dienone is 1.